The molecule has 7 rings (SSSR count). The molecule has 2 aromatic carbocycles. The topological polar surface area (TPSA) is 193 Å². The number of carbonyl (C=O) groups excluding carboxylic acids is 4. The first-order chi connectivity index (χ1) is 29.9. The Balaban J connectivity index is 0.766. The summed E-state index contributed by atoms with van der Waals surface area (Å²) in [6.45, 7) is 10.5. The molecular weight excluding hydrogens is 815 g/mol. The molecule has 4 amide bonds. The van der Waals surface area contributed by atoms with Gasteiger partial charge >= 0.3 is 0 Å². The van der Waals surface area contributed by atoms with Gasteiger partial charge in [-0.25, -0.2) is 9.97 Å². The van der Waals surface area contributed by atoms with Gasteiger partial charge in [-0.15, -0.1) is 11.3 Å². The summed E-state index contributed by atoms with van der Waals surface area (Å²) < 4.78 is 18.6. The first-order valence-electron chi connectivity index (χ1n) is 20.9. The fraction of sp³-hybridized carbons (Fsp3) is 0.477. The predicted octanol–water partition coefficient (Wildman–Crippen LogP) is 2.82. The average Bonchev–Trinajstić information content (AvgIpc) is 3.99. The van der Waals surface area contributed by atoms with E-state index in [1.54, 1.807) is 16.2 Å². The number of hydrogen-bond donors (Lipinski definition) is 3. The van der Waals surface area contributed by atoms with Crippen LogP contribution in [0.25, 0.3) is 27.3 Å². The summed E-state index contributed by atoms with van der Waals surface area (Å²) >= 11 is 1.57. The van der Waals surface area contributed by atoms with Gasteiger partial charge in [0.25, 0.3) is 0 Å². The molecule has 2 aliphatic rings. The lowest BCUT2D eigenvalue weighted by Crippen LogP contribution is -2.58. The highest BCUT2D eigenvalue weighted by Gasteiger charge is 2.44. The Labute approximate surface area is 364 Å². The number of thiazole rings is 1. The number of aliphatic hydroxyl groups is 1. The number of nitrogens with zero attached hydrogens (tertiary/aromatic N) is 7. The number of rotatable bonds is 17. The van der Waals surface area contributed by atoms with Gasteiger partial charge in [-0.1, -0.05) is 57.2 Å². The van der Waals surface area contributed by atoms with E-state index in [0.717, 1.165) is 38.5 Å². The quantitative estimate of drug-likeness (QED) is 0.116. The van der Waals surface area contributed by atoms with E-state index in [2.05, 4.69) is 25.5 Å². The zero-order valence-electron chi connectivity index (χ0n) is 35.6. The van der Waals surface area contributed by atoms with Gasteiger partial charge in [-0.05, 0) is 41.7 Å². The highest BCUT2D eigenvalue weighted by atomic mass is 32.1. The second kappa shape index (κ2) is 20.1. The molecule has 17 nitrogen and oxygen atoms in total. The van der Waals surface area contributed by atoms with E-state index in [0.29, 0.717) is 32.0 Å². The fourth-order valence-corrected chi connectivity index (χ4v) is 8.45. The number of likely N-dealkylation sites (tertiary alicyclic amines) is 1. The number of anilines is 1. The first kappa shape index (κ1) is 44.5. The SMILES string of the molecule is Cc1ncsc1-c1ccc(CNC(=O)[C@@H]2C[C@@H](O)CN2C(=O)C(NC(=O)COCCOCCOCC(=O)N2CCN(c3ccn4c(n3)nc3ccccc34)CC2)C(C)(C)C)cc1. The van der Waals surface area contributed by atoms with Crippen LogP contribution < -0.4 is 15.5 Å². The van der Waals surface area contributed by atoms with E-state index >= 15 is 0 Å². The van der Waals surface area contributed by atoms with E-state index in [-0.39, 0.29) is 71.0 Å². The highest BCUT2D eigenvalue weighted by Crippen LogP contribution is 2.28. The number of para-hydroxylation sites is 2. The second-order valence-corrected chi connectivity index (χ2v) is 17.4. The molecule has 3 N–H and O–H groups in total. The first-order valence-corrected chi connectivity index (χ1v) is 21.8. The van der Waals surface area contributed by atoms with Crippen LogP contribution >= 0.6 is 11.3 Å². The molecule has 3 aromatic heterocycles. The Kier molecular flexibility index (Phi) is 14.4. The molecule has 0 saturated carbocycles. The molecule has 2 aliphatic heterocycles. The zero-order chi connectivity index (χ0) is 43.8. The number of aromatic nitrogens is 4. The number of piperazine rings is 1. The van der Waals surface area contributed by atoms with Crippen LogP contribution in [0.2, 0.25) is 0 Å². The minimum Gasteiger partial charge on any atom is -0.391 e. The molecule has 2 saturated heterocycles. The summed E-state index contributed by atoms with van der Waals surface area (Å²) in [5.41, 5.74) is 5.91. The summed E-state index contributed by atoms with van der Waals surface area (Å²) in [6.07, 6.45) is 1.20. The van der Waals surface area contributed by atoms with Crippen LogP contribution in [0, 0.1) is 12.3 Å². The Morgan fingerprint density at radius 3 is 2.32 bits per heavy atom. The molecule has 62 heavy (non-hydrogen) atoms. The lowest BCUT2D eigenvalue weighted by molar-refractivity contribution is -0.144. The van der Waals surface area contributed by atoms with Crippen molar-refractivity contribution in [2.24, 2.45) is 5.41 Å². The summed E-state index contributed by atoms with van der Waals surface area (Å²) in [5.74, 6) is 0.0553. The van der Waals surface area contributed by atoms with Gasteiger partial charge in [0, 0.05) is 51.9 Å². The second-order valence-electron chi connectivity index (χ2n) is 16.6. The van der Waals surface area contributed by atoms with Crippen LogP contribution in [0.15, 0.2) is 66.3 Å². The number of β-amino-alcohol motifs (C(OH)–C–C–N with tert-alkyl or cyclic N) is 1. The third-order valence-corrected chi connectivity index (χ3v) is 12.0. The van der Waals surface area contributed by atoms with Crippen molar-refractivity contribution in [3.8, 4) is 10.4 Å². The van der Waals surface area contributed by atoms with Gasteiger partial charge in [-0.2, -0.15) is 4.98 Å². The number of hydrogen-bond acceptors (Lipinski definition) is 13. The Bertz CT molecular complexity index is 2340. The van der Waals surface area contributed by atoms with Crippen molar-refractivity contribution in [1.29, 1.82) is 0 Å². The van der Waals surface area contributed by atoms with E-state index in [9.17, 15) is 24.3 Å². The maximum absolute atomic E-state index is 13.9. The van der Waals surface area contributed by atoms with Gasteiger partial charge in [0.05, 0.1) is 59.6 Å². The van der Waals surface area contributed by atoms with Crippen LogP contribution in [0.1, 0.15) is 38.4 Å². The van der Waals surface area contributed by atoms with Gasteiger partial charge in [-0.3, -0.25) is 23.6 Å². The Morgan fingerprint density at radius 2 is 1.61 bits per heavy atom. The highest BCUT2D eigenvalue weighted by molar-refractivity contribution is 7.13. The molecule has 5 heterocycles. The number of aryl methyl sites for hydroxylation is 1. The van der Waals surface area contributed by atoms with Gasteiger partial charge in [0.2, 0.25) is 29.4 Å². The Morgan fingerprint density at radius 1 is 0.903 bits per heavy atom. The van der Waals surface area contributed by atoms with E-state index < -0.39 is 35.4 Å². The molecule has 1 unspecified atom stereocenters. The van der Waals surface area contributed by atoms with Gasteiger partial charge in [0.1, 0.15) is 31.1 Å². The fourth-order valence-electron chi connectivity index (χ4n) is 7.64. The summed E-state index contributed by atoms with van der Waals surface area (Å²) in [5, 5.41) is 16.2. The van der Waals surface area contributed by atoms with Crippen molar-refractivity contribution in [3.63, 3.8) is 0 Å². The van der Waals surface area contributed by atoms with Crippen molar-refractivity contribution >= 4 is 57.6 Å². The van der Waals surface area contributed by atoms with Gasteiger partial charge in [0.15, 0.2) is 0 Å². The smallest absolute Gasteiger partial charge is 0.248 e. The van der Waals surface area contributed by atoms with Crippen LogP contribution in [0.4, 0.5) is 5.82 Å². The third-order valence-electron chi connectivity index (χ3n) is 11.0. The van der Waals surface area contributed by atoms with E-state index in [4.69, 9.17) is 19.2 Å². The normalized spacial score (nSPS) is 17.5. The molecule has 5 aromatic rings. The number of nitrogens with one attached hydrogen (secondary N) is 2. The van der Waals surface area contributed by atoms with Crippen molar-refractivity contribution < 1.29 is 38.5 Å². The lowest BCUT2D eigenvalue weighted by atomic mass is 9.85. The third kappa shape index (κ3) is 10.9. The van der Waals surface area contributed by atoms with Crippen LogP contribution in [-0.4, -0.2) is 148 Å². The van der Waals surface area contributed by atoms with Crippen LogP contribution in [0.3, 0.4) is 0 Å². The van der Waals surface area contributed by atoms with Gasteiger partial charge < -0.3 is 44.7 Å². The van der Waals surface area contributed by atoms with Crippen LogP contribution in [0.5, 0.6) is 0 Å². The monoisotopic (exact) mass is 869 g/mol. The largest absolute Gasteiger partial charge is 0.391 e. The van der Waals surface area contributed by atoms with Crippen LogP contribution in [-0.2, 0) is 39.9 Å². The zero-order valence-corrected chi connectivity index (χ0v) is 36.4. The number of amides is 4. The maximum Gasteiger partial charge on any atom is 0.248 e. The number of carbonyl (C=O) groups is 4. The van der Waals surface area contributed by atoms with Crippen molar-refractivity contribution in [2.45, 2.75) is 58.8 Å². The number of benzene rings is 2. The minimum absolute atomic E-state index is 0.0216. The number of aliphatic hydroxyl groups excluding tert-OH is 1. The summed E-state index contributed by atoms with van der Waals surface area (Å²) in [7, 11) is 0. The van der Waals surface area contributed by atoms with Crippen molar-refractivity contribution in [3.05, 3.63) is 77.6 Å². The predicted molar refractivity (Wildman–Crippen MR) is 233 cm³/mol. The average molecular weight is 870 g/mol. The molecular formula is C44H55N9O8S. The molecule has 0 aliphatic carbocycles. The number of fused-ring (bicyclic) bond motifs is 3. The molecule has 2 fully saturated rings. The summed E-state index contributed by atoms with van der Waals surface area (Å²) in [6, 6.07) is 15.9. The number of ether oxygens (including phenoxy) is 3. The van der Waals surface area contributed by atoms with E-state index in [1.165, 1.54) is 4.90 Å². The maximum atomic E-state index is 13.9. The van der Waals surface area contributed by atoms with Crippen molar-refractivity contribution in [2.75, 3.05) is 77.3 Å². The Hall–Kier alpha value is -5.53. The standard InChI is InChI=1S/C44H55N9O8S/c1-29-39(62-28-46-29)31-11-9-30(10-12-31)24-45-41(57)35-23-32(54)25-53(35)42(58)40(44(2,3)4)49-37(55)26-60-21-19-59-20-22-61-27-38(56)51-17-15-50(16-18-51)36-13-14-52-34-8-6-5-7-33(34)47-43(52)48-36/h5-14,28,32,35,40,54H,15-27H2,1-4H3,(H,45,57)(H,49,55)/t32-,35+,40?/m1/s1. The summed E-state index contributed by atoms with van der Waals surface area (Å²) in [4.78, 5) is 73.1. The van der Waals surface area contributed by atoms with E-state index in [1.807, 2.05) is 98.4 Å². The minimum atomic E-state index is -0.974. The molecule has 18 heteroatoms. The molecule has 0 spiro atoms. The molecule has 0 radical (unpaired) electrons. The number of imidazole rings is 1. The molecule has 0 bridgehead atoms. The lowest BCUT2D eigenvalue weighted by Gasteiger charge is -2.35. The van der Waals surface area contributed by atoms with Crippen molar-refractivity contribution in [1.82, 2.24) is 39.8 Å². The molecule has 330 valence electrons. The molecule has 3 atom stereocenters.